The number of amides is 1. The molecule has 0 unspecified atom stereocenters. The van der Waals surface area contributed by atoms with E-state index in [-0.39, 0.29) is 36.1 Å². The Kier molecular flexibility index (Phi) is 6.32. The summed E-state index contributed by atoms with van der Waals surface area (Å²) in [7, 11) is -2.11. The van der Waals surface area contributed by atoms with Crippen molar-refractivity contribution in [3.63, 3.8) is 0 Å². The van der Waals surface area contributed by atoms with E-state index in [0.29, 0.717) is 17.1 Å². The van der Waals surface area contributed by atoms with Gasteiger partial charge in [-0.2, -0.15) is 0 Å². The molecule has 4 rings (SSSR count). The van der Waals surface area contributed by atoms with Crippen LogP contribution in [0, 0.1) is 0 Å². The van der Waals surface area contributed by atoms with Gasteiger partial charge < -0.3 is 18.8 Å². The largest absolute Gasteiger partial charge is 0.497 e. The van der Waals surface area contributed by atoms with Crippen LogP contribution in [0.15, 0.2) is 83.2 Å². The van der Waals surface area contributed by atoms with E-state index in [4.69, 9.17) is 13.9 Å². The molecule has 0 spiro atoms. The zero-order chi connectivity index (χ0) is 22.6. The summed E-state index contributed by atoms with van der Waals surface area (Å²) in [6.45, 7) is 0.289. The molecule has 3 aromatic rings. The summed E-state index contributed by atoms with van der Waals surface area (Å²) in [5.41, 5.74) is 1.25. The Bertz CT molecular complexity index is 1220. The molecule has 1 aliphatic heterocycles. The van der Waals surface area contributed by atoms with Crippen molar-refractivity contribution in [2.24, 2.45) is 0 Å². The molecule has 0 N–H and O–H groups in total. The lowest BCUT2D eigenvalue weighted by molar-refractivity contribution is -0.132. The highest BCUT2D eigenvalue weighted by atomic mass is 32.2. The van der Waals surface area contributed by atoms with Gasteiger partial charge in [0.05, 0.1) is 25.7 Å². The van der Waals surface area contributed by atoms with E-state index in [0.717, 1.165) is 5.56 Å². The van der Waals surface area contributed by atoms with Gasteiger partial charge in [-0.1, -0.05) is 42.5 Å². The second-order valence-corrected chi connectivity index (χ2v) is 9.33. The van der Waals surface area contributed by atoms with Crippen LogP contribution in [0.25, 0.3) is 4.91 Å². The molecule has 166 valence electrons. The Labute approximate surface area is 186 Å². The summed E-state index contributed by atoms with van der Waals surface area (Å²) in [6.07, 6.45) is 1.53. The Hall–Kier alpha value is -3.52. The maximum Gasteiger partial charge on any atom is 0.291 e. The second-order valence-electron chi connectivity index (χ2n) is 7.28. The van der Waals surface area contributed by atoms with Crippen LogP contribution in [0.4, 0.5) is 0 Å². The number of rotatable bonds is 7. The number of hydrogen-bond acceptors (Lipinski definition) is 6. The van der Waals surface area contributed by atoms with E-state index in [1.807, 2.05) is 24.3 Å². The first kappa shape index (κ1) is 21.7. The summed E-state index contributed by atoms with van der Waals surface area (Å²) in [5, 5.41) is 0. The highest BCUT2D eigenvalue weighted by Gasteiger charge is 2.35. The second kappa shape index (κ2) is 9.32. The van der Waals surface area contributed by atoms with Crippen LogP contribution in [0.5, 0.6) is 5.75 Å². The number of sulfone groups is 1. The Balaban J connectivity index is 1.76. The number of furan rings is 1. The molecule has 0 aliphatic carbocycles. The van der Waals surface area contributed by atoms with E-state index in [9.17, 15) is 13.2 Å². The van der Waals surface area contributed by atoms with Crippen LogP contribution in [0.1, 0.15) is 16.9 Å². The molecule has 1 aromatic heterocycles. The van der Waals surface area contributed by atoms with Gasteiger partial charge in [0.25, 0.3) is 5.91 Å². The van der Waals surface area contributed by atoms with Gasteiger partial charge in [0, 0.05) is 6.54 Å². The fraction of sp³-hybridized carbons (Fsp3) is 0.208. The summed E-state index contributed by atoms with van der Waals surface area (Å²) >= 11 is 0. The Morgan fingerprint density at radius 3 is 2.56 bits per heavy atom. The van der Waals surface area contributed by atoms with Crippen molar-refractivity contribution in [2.45, 2.75) is 13.1 Å². The van der Waals surface area contributed by atoms with Gasteiger partial charge in [-0.25, -0.2) is 8.42 Å². The summed E-state index contributed by atoms with van der Waals surface area (Å²) in [5.74, 6) is 0.362. The molecule has 32 heavy (non-hydrogen) atoms. The van der Waals surface area contributed by atoms with Crippen LogP contribution >= 0.6 is 0 Å². The van der Waals surface area contributed by atoms with E-state index in [1.165, 1.54) is 11.2 Å². The highest BCUT2D eigenvalue weighted by molar-refractivity contribution is 8.00. The Morgan fingerprint density at radius 1 is 1.03 bits per heavy atom. The molecular formula is C24H23NO6S. The van der Waals surface area contributed by atoms with Crippen molar-refractivity contribution in [3.05, 3.63) is 95.6 Å². The lowest BCUT2D eigenvalue weighted by Gasteiger charge is -2.27. The van der Waals surface area contributed by atoms with E-state index in [2.05, 4.69) is 0 Å². The third-order valence-electron chi connectivity index (χ3n) is 5.07. The lowest BCUT2D eigenvalue weighted by atomic mass is 10.1. The minimum absolute atomic E-state index is 0.0759. The van der Waals surface area contributed by atoms with Gasteiger partial charge in [0.2, 0.25) is 5.76 Å². The average Bonchev–Trinajstić information content (AvgIpc) is 3.31. The Morgan fingerprint density at radius 2 is 1.84 bits per heavy atom. The predicted octanol–water partition coefficient (Wildman–Crippen LogP) is 3.63. The number of ether oxygens (including phenoxy) is 2. The third kappa shape index (κ3) is 4.70. The smallest absolute Gasteiger partial charge is 0.291 e. The monoisotopic (exact) mass is 453 g/mol. The first-order chi connectivity index (χ1) is 15.5. The molecular weight excluding hydrogens is 430 g/mol. The summed E-state index contributed by atoms with van der Waals surface area (Å²) < 4.78 is 42.3. The van der Waals surface area contributed by atoms with Crippen molar-refractivity contribution in [2.75, 3.05) is 19.5 Å². The molecule has 0 fully saturated rings. The molecule has 0 atom stereocenters. The van der Waals surface area contributed by atoms with Crippen LogP contribution in [0.2, 0.25) is 0 Å². The van der Waals surface area contributed by atoms with Crippen LogP contribution in [-0.4, -0.2) is 38.7 Å². The summed E-state index contributed by atoms with van der Waals surface area (Å²) in [6, 6.07) is 19.4. The normalized spacial score (nSPS) is 15.2. The minimum atomic E-state index is -3.69. The molecule has 0 saturated carbocycles. The molecule has 0 bridgehead atoms. The van der Waals surface area contributed by atoms with Crippen molar-refractivity contribution in [1.29, 1.82) is 0 Å². The molecule has 2 aromatic carbocycles. The number of nitrogens with zero attached hydrogens (tertiary/aromatic N) is 1. The molecule has 7 nitrogen and oxygen atoms in total. The van der Waals surface area contributed by atoms with Gasteiger partial charge in [0.15, 0.2) is 9.84 Å². The zero-order valence-electron chi connectivity index (χ0n) is 17.6. The van der Waals surface area contributed by atoms with Crippen LogP contribution in [-0.2, 0) is 32.5 Å². The zero-order valence-corrected chi connectivity index (χ0v) is 18.4. The van der Waals surface area contributed by atoms with Gasteiger partial charge in [-0.05, 0) is 35.4 Å². The first-order valence-corrected chi connectivity index (χ1v) is 11.7. The van der Waals surface area contributed by atoms with E-state index >= 15 is 0 Å². The standard InChI is InChI=1S/C24H23NO6S/c1-29-20-10-5-7-18(15-20)16-25(17-21-11-6-12-30-21)24(26)22-23(19-8-3-2-4-9-19)32(27,28)14-13-31-22/h2-12,15H,13-14,16-17H2,1H3. The summed E-state index contributed by atoms with van der Waals surface area (Å²) in [4.78, 5) is 15.1. The predicted molar refractivity (Wildman–Crippen MR) is 119 cm³/mol. The van der Waals surface area contributed by atoms with Gasteiger partial charge in [-0.3, -0.25) is 4.79 Å². The van der Waals surface area contributed by atoms with E-state index in [1.54, 1.807) is 49.6 Å². The first-order valence-electron chi connectivity index (χ1n) is 10.1. The molecule has 1 amide bonds. The lowest BCUT2D eigenvalue weighted by Crippen LogP contribution is -2.35. The topological polar surface area (TPSA) is 86.0 Å². The fourth-order valence-corrected chi connectivity index (χ4v) is 4.98. The van der Waals surface area contributed by atoms with Gasteiger partial charge in [0.1, 0.15) is 23.0 Å². The maximum absolute atomic E-state index is 13.7. The van der Waals surface area contributed by atoms with Crippen LogP contribution < -0.4 is 4.74 Å². The van der Waals surface area contributed by atoms with Crippen molar-refractivity contribution < 1.29 is 27.1 Å². The van der Waals surface area contributed by atoms with Crippen molar-refractivity contribution >= 4 is 20.6 Å². The quantitative estimate of drug-likeness (QED) is 0.543. The molecule has 0 saturated heterocycles. The highest BCUT2D eigenvalue weighted by Crippen LogP contribution is 2.31. The number of carbonyl (C=O) groups excluding carboxylic acids is 1. The van der Waals surface area contributed by atoms with Crippen molar-refractivity contribution in [3.8, 4) is 5.75 Å². The molecule has 0 radical (unpaired) electrons. The molecule has 2 heterocycles. The number of methoxy groups -OCH3 is 1. The minimum Gasteiger partial charge on any atom is -0.497 e. The fourth-order valence-electron chi connectivity index (χ4n) is 3.55. The van der Waals surface area contributed by atoms with Gasteiger partial charge in [-0.15, -0.1) is 0 Å². The molecule has 1 aliphatic rings. The average molecular weight is 454 g/mol. The molecule has 8 heteroatoms. The van der Waals surface area contributed by atoms with E-state index < -0.39 is 15.7 Å². The number of benzene rings is 2. The SMILES string of the molecule is COc1cccc(CN(Cc2ccco2)C(=O)C2=C(c3ccccc3)S(=O)(=O)CCO2)c1. The number of carbonyl (C=O) groups is 1. The maximum atomic E-state index is 13.7. The third-order valence-corrected chi connectivity index (χ3v) is 6.81. The van der Waals surface area contributed by atoms with Crippen molar-refractivity contribution in [1.82, 2.24) is 4.90 Å². The number of hydrogen-bond donors (Lipinski definition) is 0. The van der Waals surface area contributed by atoms with Crippen LogP contribution in [0.3, 0.4) is 0 Å². The van der Waals surface area contributed by atoms with Gasteiger partial charge >= 0.3 is 0 Å².